The van der Waals surface area contributed by atoms with E-state index in [0.29, 0.717) is 5.56 Å². The number of hydrogen-bond donors (Lipinski definition) is 0. The van der Waals surface area contributed by atoms with Gasteiger partial charge in [0.1, 0.15) is 0 Å². The minimum absolute atomic E-state index is 0.0774. The molecule has 1 amide bonds. The van der Waals surface area contributed by atoms with Crippen molar-refractivity contribution in [3.8, 4) is 0 Å². The molecule has 3 aromatic rings. The number of benzene rings is 2. The van der Waals surface area contributed by atoms with E-state index in [1.165, 1.54) is 0 Å². The first-order valence-electron chi connectivity index (χ1n) is 7.51. The van der Waals surface area contributed by atoms with Crippen molar-refractivity contribution in [1.29, 1.82) is 0 Å². The zero-order valence-corrected chi connectivity index (χ0v) is 13.5. The summed E-state index contributed by atoms with van der Waals surface area (Å²) in [5, 5.41) is 4.46. The van der Waals surface area contributed by atoms with Crippen molar-refractivity contribution >= 4 is 22.5 Å². The van der Waals surface area contributed by atoms with Gasteiger partial charge in [0.25, 0.3) is 5.91 Å². The lowest BCUT2D eigenvalue weighted by atomic mass is 10.1. The standard InChI is InChI=1S/C19H19N3O/c1-14-12-13-15-10-7-11-17(18(15)20-14)22(21(2)3)19(23)16-8-5-4-6-9-16/h4-13H,1-3H3. The lowest BCUT2D eigenvalue weighted by molar-refractivity contribution is 0.0930. The van der Waals surface area contributed by atoms with Gasteiger partial charge in [-0.25, -0.2) is 10.0 Å². The molecule has 0 saturated carbocycles. The molecule has 4 heteroatoms. The SMILES string of the molecule is Cc1ccc2cccc(N(C(=O)c3ccccc3)N(C)C)c2n1. The number of aromatic nitrogens is 1. The molecule has 3 rings (SSSR count). The van der Waals surface area contributed by atoms with Crippen LogP contribution >= 0.6 is 0 Å². The highest BCUT2D eigenvalue weighted by Gasteiger charge is 2.22. The molecule has 0 aliphatic carbocycles. The van der Waals surface area contributed by atoms with E-state index in [2.05, 4.69) is 4.98 Å². The summed E-state index contributed by atoms with van der Waals surface area (Å²) >= 11 is 0. The Morgan fingerprint density at radius 3 is 2.35 bits per heavy atom. The molecule has 0 unspecified atom stereocenters. The predicted octanol–water partition coefficient (Wildman–Crippen LogP) is 3.67. The quantitative estimate of drug-likeness (QED) is 0.693. The molecule has 0 saturated heterocycles. The number of aryl methyl sites for hydroxylation is 1. The molecule has 116 valence electrons. The van der Waals surface area contributed by atoms with Crippen molar-refractivity contribution in [3.05, 3.63) is 71.9 Å². The Bertz CT molecular complexity index is 844. The highest BCUT2D eigenvalue weighted by Crippen LogP contribution is 2.27. The van der Waals surface area contributed by atoms with Crippen LogP contribution in [-0.2, 0) is 0 Å². The molecule has 0 bridgehead atoms. The molecule has 1 aromatic heterocycles. The van der Waals surface area contributed by atoms with Crippen LogP contribution in [0.3, 0.4) is 0 Å². The van der Waals surface area contributed by atoms with E-state index in [1.807, 2.05) is 81.7 Å². The average Bonchev–Trinajstić information content (AvgIpc) is 2.56. The van der Waals surface area contributed by atoms with Crippen LogP contribution in [0.15, 0.2) is 60.7 Å². The summed E-state index contributed by atoms with van der Waals surface area (Å²) < 4.78 is 0. The van der Waals surface area contributed by atoms with Crippen molar-refractivity contribution < 1.29 is 4.79 Å². The maximum Gasteiger partial charge on any atom is 0.272 e. The maximum absolute atomic E-state index is 13.0. The molecule has 0 atom stereocenters. The van der Waals surface area contributed by atoms with Crippen LogP contribution in [0.2, 0.25) is 0 Å². The third kappa shape index (κ3) is 2.94. The number of hydrogen-bond acceptors (Lipinski definition) is 3. The van der Waals surface area contributed by atoms with Gasteiger partial charge in [0.15, 0.2) is 0 Å². The lowest BCUT2D eigenvalue weighted by Gasteiger charge is -2.29. The highest BCUT2D eigenvalue weighted by atomic mass is 16.2. The lowest BCUT2D eigenvalue weighted by Crippen LogP contribution is -2.42. The van der Waals surface area contributed by atoms with Gasteiger partial charge >= 0.3 is 0 Å². The van der Waals surface area contributed by atoms with Gasteiger partial charge in [0.2, 0.25) is 0 Å². The third-order valence-electron chi connectivity index (χ3n) is 3.68. The van der Waals surface area contributed by atoms with E-state index in [0.717, 1.165) is 22.3 Å². The Morgan fingerprint density at radius 1 is 0.913 bits per heavy atom. The molecule has 0 radical (unpaired) electrons. The molecule has 23 heavy (non-hydrogen) atoms. The summed E-state index contributed by atoms with van der Waals surface area (Å²) in [7, 11) is 3.71. The van der Waals surface area contributed by atoms with Crippen LogP contribution in [0.1, 0.15) is 16.1 Å². The van der Waals surface area contributed by atoms with Gasteiger partial charge < -0.3 is 0 Å². The van der Waals surface area contributed by atoms with Gasteiger partial charge in [-0.1, -0.05) is 36.4 Å². The zero-order valence-electron chi connectivity index (χ0n) is 13.5. The fraction of sp³-hybridized carbons (Fsp3) is 0.158. The summed E-state index contributed by atoms with van der Waals surface area (Å²) in [6.45, 7) is 1.95. The first kappa shape index (κ1) is 15.2. The van der Waals surface area contributed by atoms with Crippen molar-refractivity contribution in [3.63, 3.8) is 0 Å². The Kier molecular flexibility index (Phi) is 4.08. The number of carbonyl (C=O) groups is 1. The van der Waals surface area contributed by atoms with Crippen LogP contribution in [0.25, 0.3) is 10.9 Å². The molecule has 2 aromatic carbocycles. The first-order valence-corrected chi connectivity index (χ1v) is 7.51. The molecule has 0 spiro atoms. The van der Waals surface area contributed by atoms with Crippen LogP contribution < -0.4 is 5.01 Å². The van der Waals surface area contributed by atoms with E-state index < -0.39 is 0 Å². The average molecular weight is 305 g/mol. The number of nitrogens with zero attached hydrogens (tertiary/aromatic N) is 3. The van der Waals surface area contributed by atoms with E-state index >= 15 is 0 Å². The summed E-state index contributed by atoms with van der Waals surface area (Å²) in [5.41, 5.74) is 3.18. The number of anilines is 1. The number of carbonyl (C=O) groups excluding carboxylic acids is 1. The second-order valence-electron chi connectivity index (χ2n) is 5.63. The summed E-state index contributed by atoms with van der Waals surface area (Å²) in [5.74, 6) is -0.0774. The third-order valence-corrected chi connectivity index (χ3v) is 3.68. The first-order chi connectivity index (χ1) is 11.1. The van der Waals surface area contributed by atoms with Gasteiger partial charge in [-0.3, -0.25) is 9.78 Å². The van der Waals surface area contributed by atoms with Crippen molar-refractivity contribution in [1.82, 2.24) is 9.99 Å². The Hall–Kier alpha value is -2.72. The van der Waals surface area contributed by atoms with Crippen molar-refractivity contribution in [2.75, 3.05) is 19.1 Å². The minimum Gasteiger partial charge on any atom is -0.267 e. The number of hydrazine groups is 1. The van der Waals surface area contributed by atoms with Crippen LogP contribution in [0.4, 0.5) is 5.69 Å². The molecule has 1 heterocycles. The summed E-state index contributed by atoms with van der Waals surface area (Å²) in [6, 6.07) is 19.2. The van der Waals surface area contributed by atoms with E-state index in [1.54, 1.807) is 10.0 Å². The highest BCUT2D eigenvalue weighted by molar-refractivity contribution is 6.09. The van der Waals surface area contributed by atoms with Gasteiger partial charge in [0.05, 0.1) is 11.2 Å². The number of amides is 1. The summed E-state index contributed by atoms with van der Waals surface area (Å²) in [6.07, 6.45) is 0. The zero-order chi connectivity index (χ0) is 16.4. The van der Waals surface area contributed by atoms with E-state index in [4.69, 9.17) is 0 Å². The topological polar surface area (TPSA) is 36.4 Å². The number of fused-ring (bicyclic) bond motifs is 1. The normalized spacial score (nSPS) is 11.0. The number of pyridine rings is 1. The molecular weight excluding hydrogens is 286 g/mol. The van der Waals surface area contributed by atoms with Crippen LogP contribution in [-0.4, -0.2) is 30.0 Å². The largest absolute Gasteiger partial charge is 0.272 e. The fourth-order valence-electron chi connectivity index (χ4n) is 2.61. The molecule has 0 aliphatic rings. The van der Waals surface area contributed by atoms with E-state index in [9.17, 15) is 4.79 Å². The second kappa shape index (κ2) is 6.18. The Balaban J connectivity index is 2.16. The molecule has 4 nitrogen and oxygen atoms in total. The van der Waals surface area contributed by atoms with Gasteiger partial charge in [-0.05, 0) is 31.2 Å². The molecule has 0 N–H and O–H groups in total. The van der Waals surface area contributed by atoms with Crippen molar-refractivity contribution in [2.45, 2.75) is 6.92 Å². The van der Waals surface area contributed by atoms with Crippen LogP contribution in [0, 0.1) is 6.92 Å². The van der Waals surface area contributed by atoms with Crippen LogP contribution in [0.5, 0.6) is 0 Å². The molecular formula is C19H19N3O. The number of rotatable bonds is 3. The molecule has 0 aliphatic heterocycles. The monoisotopic (exact) mass is 305 g/mol. The minimum atomic E-state index is -0.0774. The fourth-order valence-corrected chi connectivity index (χ4v) is 2.61. The predicted molar refractivity (Wildman–Crippen MR) is 93.4 cm³/mol. The van der Waals surface area contributed by atoms with Gasteiger partial charge in [-0.2, -0.15) is 0 Å². The maximum atomic E-state index is 13.0. The number of para-hydroxylation sites is 1. The Labute approximate surface area is 136 Å². The second-order valence-corrected chi connectivity index (χ2v) is 5.63. The van der Waals surface area contributed by atoms with Crippen molar-refractivity contribution in [2.24, 2.45) is 0 Å². The van der Waals surface area contributed by atoms with Gasteiger partial charge in [0, 0.05) is 30.7 Å². The smallest absolute Gasteiger partial charge is 0.267 e. The summed E-state index contributed by atoms with van der Waals surface area (Å²) in [4.78, 5) is 17.6. The molecule has 0 fully saturated rings. The van der Waals surface area contributed by atoms with Gasteiger partial charge in [-0.15, -0.1) is 0 Å². The Morgan fingerprint density at radius 2 is 1.65 bits per heavy atom. The van der Waals surface area contributed by atoms with E-state index in [-0.39, 0.29) is 5.91 Å².